The maximum Gasteiger partial charge on any atom is 0.336 e. The average Bonchev–Trinajstić information content (AvgIpc) is 2.42. The SMILES string of the molecule is O=C(O)c1cc(Cc2ccc(S)c(C(=O)O)c2)ccc1S. The molecule has 0 bridgehead atoms. The molecule has 2 aromatic carbocycles. The Morgan fingerprint density at radius 3 is 1.52 bits per heavy atom. The number of aromatic carboxylic acids is 2. The van der Waals surface area contributed by atoms with Crippen molar-refractivity contribution in [2.75, 3.05) is 0 Å². The minimum absolute atomic E-state index is 0.125. The van der Waals surface area contributed by atoms with Gasteiger partial charge in [-0.1, -0.05) is 12.1 Å². The predicted octanol–water partition coefficient (Wildman–Crippen LogP) is 3.25. The van der Waals surface area contributed by atoms with Crippen LogP contribution in [0.4, 0.5) is 0 Å². The summed E-state index contributed by atoms with van der Waals surface area (Å²) in [5.41, 5.74) is 1.79. The molecule has 2 N–H and O–H groups in total. The lowest BCUT2D eigenvalue weighted by atomic mass is 10.0. The quantitative estimate of drug-likeness (QED) is 0.652. The first-order valence-electron chi connectivity index (χ1n) is 5.99. The number of carboxylic acid groups (broad SMARTS) is 2. The fourth-order valence-electron chi connectivity index (χ4n) is 1.96. The Labute approximate surface area is 132 Å². The van der Waals surface area contributed by atoms with Crippen molar-refractivity contribution in [3.63, 3.8) is 0 Å². The lowest BCUT2D eigenvalue weighted by Gasteiger charge is -2.07. The Kier molecular flexibility index (Phi) is 4.59. The largest absolute Gasteiger partial charge is 0.478 e. The van der Waals surface area contributed by atoms with E-state index in [1.807, 2.05) is 0 Å². The molecule has 0 aliphatic heterocycles. The van der Waals surface area contributed by atoms with Crippen molar-refractivity contribution in [2.24, 2.45) is 0 Å². The summed E-state index contributed by atoms with van der Waals surface area (Å²) in [5.74, 6) is -2.09. The second-order valence-electron chi connectivity index (χ2n) is 4.49. The fraction of sp³-hybridized carbons (Fsp3) is 0.0667. The molecule has 108 valence electrons. The number of rotatable bonds is 4. The molecule has 0 radical (unpaired) electrons. The average molecular weight is 320 g/mol. The summed E-state index contributed by atoms with van der Waals surface area (Å²) in [6, 6.07) is 9.85. The number of thiol groups is 2. The molecule has 2 rings (SSSR count). The topological polar surface area (TPSA) is 74.6 Å². The van der Waals surface area contributed by atoms with E-state index in [1.54, 1.807) is 36.4 Å². The Bertz CT molecular complexity index is 664. The van der Waals surface area contributed by atoms with Gasteiger partial charge in [-0.15, -0.1) is 25.3 Å². The first-order chi connectivity index (χ1) is 9.88. The third-order valence-corrected chi connectivity index (χ3v) is 3.77. The second kappa shape index (κ2) is 6.24. The van der Waals surface area contributed by atoms with Gasteiger partial charge in [-0.3, -0.25) is 0 Å². The summed E-state index contributed by atoms with van der Waals surface area (Å²) in [6.07, 6.45) is 0.433. The standard InChI is InChI=1S/C15H12O4S2/c16-14(17)10-6-8(1-3-12(10)20)5-9-2-4-13(21)11(7-9)15(18)19/h1-4,6-7,20-21H,5H2,(H,16,17)(H,18,19). The van der Waals surface area contributed by atoms with Crippen molar-refractivity contribution >= 4 is 37.2 Å². The molecule has 4 nitrogen and oxygen atoms in total. The molecule has 0 saturated carbocycles. The smallest absolute Gasteiger partial charge is 0.336 e. The molecular weight excluding hydrogens is 308 g/mol. The predicted molar refractivity (Wildman–Crippen MR) is 84.1 cm³/mol. The van der Waals surface area contributed by atoms with Gasteiger partial charge in [-0.25, -0.2) is 9.59 Å². The van der Waals surface area contributed by atoms with Crippen molar-refractivity contribution < 1.29 is 19.8 Å². The molecular formula is C15H12O4S2. The van der Waals surface area contributed by atoms with E-state index in [4.69, 9.17) is 10.2 Å². The fourth-order valence-corrected chi connectivity index (χ4v) is 2.43. The number of carboxylic acids is 2. The van der Waals surface area contributed by atoms with Crippen LogP contribution < -0.4 is 0 Å². The molecule has 0 heterocycles. The molecule has 0 atom stereocenters. The van der Waals surface area contributed by atoms with Gasteiger partial charge in [0.2, 0.25) is 0 Å². The molecule has 21 heavy (non-hydrogen) atoms. The van der Waals surface area contributed by atoms with E-state index in [9.17, 15) is 9.59 Å². The lowest BCUT2D eigenvalue weighted by molar-refractivity contribution is 0.0682. The van der Waals surface area contributed by atoms with Gasteiger partial charge in [0.05, 0.1) is 11.1 Å². The van der Waals surface area contributed by atoms with Crippen LogP contribution in [0.25, 0.3) is 0 Å². The Hall–Kier alpha value is -1.92. The van der Waals surface area contributed by atoms with Crippen LogP contribution in [0.2, 0.25) is 0 Å². The van der Waals surface area contributed by atoms with Gasteiger partial charge in [0, 0.05) is 9.79 Å². The molecule has 0 aliphatic carbocycles. The van der Waals surface area contributed by atoms with Crippen LogP contribution in [-0.2, 0) is 6.42 Å². The third-order valence-electron chi connectivity index (χ3n) is 2.99. The molecule has 0 aromatic heterocycles. The van der Waals surface area contributed by atoms with Crippen molar-refractivity contribution in [2.45, 2.75) is 16.2 Å². The monoisotopic (exact) mass is 320 g/mol. The summed E-state index contributed by atoms with van der Waals surface area (Å²) in [4.78, 5) is 22.9. The molecule has 0 unspecified atom stereocenters. The highest BCUT2D eigenvalue weighted by Crippen LogP contribution is 2.21. The van der Waals surface area contributed by atoms with Crippen LogP contribution in [0.3, 0.4) is 0 Å². The summed E-state index contributed by atoms with van der Waals surface area (Å²) < 4.78 is 0. The lowest BCUT2D eigenvalue weighted by Crippen LogP contribution is -2.02. The van der Waals surface area contributed by atoms with Crippen molar-refractivity contribution in [3.8, 4) is 0 Å². The molecule has 6 heteroatoms. The normalized spacial score (nSPS) is 10.4. The van der Waals surface area contributed by atoms with Crippen LogP contribution in [0, 0.1) is 0 Å². The summed E-state index contributed by atoms with van der Waals surface area (Å²) in [7, 11) is 0. The Morgan fingerprint density at radius 2 is 1.19 bits per heavy atom. The minimum atomic E-state index is -1.04. The molecule has 2 aromatic rings. The molecule has 0 fully saturated rings. The second-order valence-corrected chi connectivity index (χ2v) is 5.45. The third kappa shape index (κ3) is 3.59. The number of benzene rings is 2. The number of carbonyl (C=O) groups is 2. The van der Waals surface area contributed by atoms with Crippen LogP contribution in [0.15, 0.2) is 46.2 Å². The van der Waals surface area contributed by atoms with Gasteiger partial charge in [-0.2, -0.15) is 0 Å². The summed E-state index contributed by atoms with van der Waals surface area (Å²) >= 11 is 8.20. The molecule has 0 saturated heterocycles. The maximum atomic E-state index is 11.1. The Balaban J connectivity index is 2.34. The summed E-state index contributed by atoms with van der Waals surface area (Å²) in [6.45, 7) is 0. The minimum Gasteiger partial charge on any atom is -0.478 e. The highest BCUT2D eigenvalue weighted by molar-refractivity contribution is 7.80. The molecule has 0 amide bonds. The van der Waals surface area contributed by atoms with E-state index in [2.05, 4.69) is 25.3 Å². The van der Waals surface area contributed by atoms with Crippen LogP contribution >= 0.6 is 25.3 Å². The van der Waals surface area contributed by atoms with Crippen LogP contribution in [0.5, 0.6) is 0 Å². The molecule has 0 spiro atoms. The highest BCUT2D eigenvalue weighted by atomic mass is 32.1. The summed E-state index contributed by atoms with van der Waals surface area (Å²) in [5, 5.41) is 18.1. The number of hydrogen-bond donors (Lipinski definition) is 4. The van der Waals surface area contributed by atoms with Crippen molar-refractivity contribution in [1.29, 1.82) is 0 Å². The van der Waals surface area contributed by atoms with Gasteiger partial charge >= 0.3 is 11.9 Å². The van der Waals surface area contributed by atoms with E-state index in [1.165, 1.54) is 0 Å². The van der Waals surface area contributed by atoms with E-state index < -0.39 is 11.9 Å². The van der Waals surface area contributed by atoms with E-state index >= 15 is 0 Å². The molecule has 0 aliphatic rings. The maximum absolute atomic E-state index is 11.1. The zero-order chi connectivity index (χ0) is 15.6. The van der Waals surface area contributed by atoms with Crippen LogP contribution in [0.1, 0.15) is 31.8 Å². The van der Waals surface area contributed by atoms with Crippen molar-refractivity contribution in [1.82, 2.24) is 0 Å². The van der Waals surface area contributed by atoms with E-state index in [0.717, 1.165) is 11.1 Å². The van der Waals surface area contributed by atoms with Gasteiger partial charge < -0.3 is 10.2 Å². The Morgan fingerprint density at radius 1 is 0.810 bits per heavy atom. The van der Waals surface area contributed by atoms with E-state index in [-0.39, 0.29) is 11.1 Å². The van der Waals surface area contributed by atoms with Gasteiger partial charge in [0.25, 0.3) is 0 Å². The zero-order valence-electron chi connectivity index (χ0n) is 10.8. The van der Waals surface area contributed by atoms with Crippen LogP contribution in [-0.4, -0.2) is 22.2 Å². The van der Waals surface area contributed by atoms with E-state index in [0.29, 0.717) is 16.2 Å². The van der Waals surface area contributed by atoms with Crippen molar-refractivity contribution in [3.05, 3.63) is 58.7 Å². The highest BCUT2D eigenvalue weighted by Gasteiger charge is 2.11. The van der Waals surface area contributed by atoms with Gasteiger partial charge in [-0.05, 0) is 41.8 Å². The first-order valence-corrected chi connectivity index (χ1v) is 6.88. The zero-order valence-corrected chi connectivity index (χ0v) is 12.6. The van der Waals surface area contributed by atoms with Gasteiger partial charge in [0.1, 0.15) is 0 Å². The number of hydrogen-bond acceptors (Lipinski definition) is 4. The first kappa shape index (κ1) is 15.5. The van der Waals surface area contributed by atoms with Gasteiger partial charge in [0.15, 0.2) is 0 Å².